The molecule has 1 fully saturated rings. The van der Waals surface area contributed by atoms with Crippen molar-refractivity contribution in [3.63, 3.8) is 0 Å². The molecule has 0 aliphatic carbocycles. The molecule has 130 valence electrons. The predicted octanol–water partition coefficient (Wildman–Crippen LogP) is 3.97. The molecule has 3 aromatic rings. The average Bonchev–Trinajstić information content (AvgIpc) is 3.04. The molecule has 3 heterocycles. The van der Waals surface area contributed by atoms with Gasteiger partial charge in [0, 0.05) is 35.8 Å². The summed E-state index contributed by atoms with van der Waals surface area (Å²) in [4.78, 5) is 15.8. The number of benzene rings is 1. The van der Waals surface area contributed by atoms with E-state index in [1.807, 2.05) is 31.2 Å². The number of hydrogen-bond acceptors (Lipinski definition) is 6. The molecule has 1 saturated heterocycles. The maximum Gasteiger partial charge on any atom is 0.228 e. The summed E-state index contributed by atoms with van der Waals surface area (Å²) in [7, 11) is 1.62. The third kappa shape index (κ3) is 3.26. The number of hydrogen-bond donors (Lipinski definition) is 0. The molecule has 0 atom stereocenters. The van der Waals surface area contributed by atoms with Crippen LogP contribution in [-0.4, -0.2) is 35.2 Å². The van der Waals surface area contributed by atoms with E-state index in [2.05, 4.69) is 19.9 Å². The van der Waals surface area contributed by atoms with Crippen molar-refractivity contribution in [1.82, 2.24) is 15.0 Å². The lowest BCUT2D eigenvalue weighted by atomic mass is 9.97. The van der Waals surface area contributed by atoms with E-state index < -0.39 is 0 Å². The highest BCUT2D eigenvalue weighted by molar-refractivity contribution is 6.31. The molecule has 6 nitrogen and oxygen atoms in total. The van der Waals surface area contributed by atoms with E-state index >= 15 is 0 Å². The summed E-state index contributed by atoms with van der Waals surface area (Å²) in [5, 5.41) is 0.674. The predicted molar refractivity (Wildman–Crippen MR) is 96.5 cm³/mol. The van der Waals surface area contributed by atoms with Crippen molar-refractivity contribution >= 4 is 28.6 Å². The van der Waals surface area contributed by atoms with Crippen LogP contribution in [0.25, 0.3) is 11.1 Å². The van der Waals surface area contributed by atoms with Crippen LogP contribution in [0.15, 0.2) is 28.7 Å². The molecule has 0 saturated carbocycles. The Morgan fingerprint density at radius 1 is 1.16 bits per heavy atom. The van der Waals surface area contributed by atoms with Crippen LogP contribution < -0.4 is 9.64 Å². The fourth-order valence-electron chi connectivity index (χ4n) is 3.19. The number of piperidine rings is 1. The molecule has 25 heavy (non-hydrogen) atoms. The Labute approximate surface area is 150 Å². The molecule has 0 N–H and O–H groups in total. The molecule has 7 heteroatoms. The zero-order valence-electron chi connectivity index (χ0n) is 14.2. The van der Waals surface area contributed by atoms with Crippen molar-refractivity contribution < 1.29 is 9.15 Å². The van der Waals surface area contributed by atoms with Crippen LogP contribution in [0.4, 0.5) is 5.95 Å². The minimum atomic E-state index is 0.300. The first-order valence-corrected chi connectivity index (χ1v) is 8.71. The maximum atomic E-state index is 6.03. The lowest BCUT2D eigenvalue weighted by molar-refractivity contribution is 0.390. The van der Waals surface area contributed by atoms with Crippen molar-refractivity contribution in [1.29, 1.82) is 0 Å². The topological polar surface area (TPSA) is 64.3 Å². The van der Waals surface area contributed by atoms with Crippen LogP contribution in [-0.2, 0) is 0 Å². The molecule has 0 unspecified atom stereocenters. The molecular weight excluding hydrogens is 340 g/mol. The standard InChI is InChI=1S/C18H19ClN4O2/c1-11-9-16(24-2)22-18(20-11)23-7-5-12(6-8-23)17-21-14-10-13(19)3-4-15(14)25-17/h3-4,9-10,12H,5-8H2,1-2H3. The van der Waals surface area contributed by atoms with E-state index in [-0.39, 0.29) is 0 Å². The van der Waals surface area contributed by atoms with Crippen LogP contribution in [0.2, 0.25) is 5.02 Å². The Morgan fingerprint density at radius 3 is 2.72 bits per heavy atom. The number of fused-ring (bicyclic) bond motifs is 1. The van der Waals surface area contributed by atoms with Crippen LogP contribution in [0.1, 0.15) is 30.3 Å². The van der Waals surface area contributed by atoms with E-state index in [0.717, 1.165) is 54.6 Å². The smallest absolute Gasteiger partial charge is 0.228 e. The second-order valence-electron chi connectivity index (χ2n) is 6.28. The van der Waals surface area contributed by atoms with Gasteiger partial charge in [-0.15, -0.1) is 0 Å². The maximum absolute atomic E-state index is 6.03. The number of ether oxygens (including phenoxy) is 1. The Kier molecular flexibility index (Phi) is 4.21. The number of aromatic nitrogens is 3. The summed E-state index contributed by atoms with van der Waals surface area (Å²) in [5.74, 6) is 2.41. The van der Waals surface area contributed by atoms with Gasteiger partial charge in [0.05, 0.1) is 7.11 Å². The molecule has 0 bridgehead atoms. The Balaban J connectivity index is 1.49. The lowest BCUT2D eigenvalue weighted by Crippen LogP contribution is -2.34. The van der Waals surface area contributed by atoms with Gasteiger partial charge in [-0.3, -0.25) is 0 Å². The molecule has 0 amide bonds. The zero-order valence-corrected chi connectivity index (χ0v) is 15.0. The number of methoxy groups -OCH3 is 1. The summed E-state index contributed by atoms with van der Waals surface area (Å²) in [6.07, 6.45) is 1.89. The average molecular weight is 359 g/mol. The minimum absolute atomic E-state index is 0.300. The van der Waals surface area contributed by atoms with Crippen molar-refractivity contribution in [2.45, 2.75) is 25.7 Å². The first-order chi connectivity index (χ1) is 12.1. The Morgan fingerprint density at radius 2 is 1.96 bits per heavy atom. The van der Waals surface area contributed by atoms with Crippen LogP contribution in [0.3, 0.4) is 0 Å². The zero-order chi connectivity index (χ0) is 17.4. The van der Waals surface area contributed by atoms with Gasteiger partial charge in [0.25, 0.3) is 0 Å². The van der Waals surface area contributed by atoms with Crippen molar-refractivity contribution in [2.75, 3.05) is 25.1 Å². The number of halogens is 1. The van der Waals surface area contributed by atoms with Gasteiger partial charge in [-0.25, -0.2) is 9.97 Å². The summed E-state index contributed by atoms with van der Waals surface area (Å²) in [6, 6.07) is 7.37. The summed E-state index contributed by atoms with van der Waals surface area (Å²) in [6.45, 7) is 3.66. The van der Waals surface area contributed by atoms with E-state index in [0.29, 0.717) is 16.8 Å². The monoisotopic (exact) mass is 358 g/mol. The van der Waals surface area contributed by atoms with E-state index in [9.17, 15) is 0 Å². The first-order valence-electron chi connectivity index (χ1n) is 8.33. The van der Waals surface area contributed by atoms with Gasteiger partial charge in [-0.2, -0.15) is 4.98 Å². The van der Waals surface area contributed by atoms with Crippen LogP contribution in [0, 0.1) is 6.92 Å². The number of oxazole rings is 1. The number of anilines is 1. The van der Waals surface area contributed by atoms with Gasteiger partial charge >= 0.3 is 0 Å². The summed E-state index contributed by atoms with van der Waals surface area (Å²) in [5.41, 5.74) is 2.50. The number of aryl methyl sites for hydroxylation is 1. The van der Waals surface area contributed by atoms with Crippen molar-refractivity contribution in [2.24, 2.45) is 0 Å². The highest BCUT2D eigenvalue weighted by Gasteiger charge is 2.26. The largest absolute Gasteiger partial charge is 0.481 e. The van der Waals surface area contributed by atoms with Crippen LogP contribution >= 0.6 is 11.6 Å². The highest BCUT2D eigenvalue weighted by Crippen LogP contribution is 2.32. The van der Waals surface area contributed by atoms with Crippen molar-refractivity contribution in [3.05, 3.63) is 40.9 Å². The molecular formula is C18H19ClN4O2. The molecule has 1 aliphatic rings. The third-order valence-electron chi connectivity index (χ3n) is 4.52. The fraction of sp³-hybridized carbons (Fsp3) is 0.389. The third-order valence-corrected chi connectivity index (χ3v) is 4.76. The van der Waals surface area contributed by atoms with Crippen LogP contribution in [0.5, 0.6) is 5.88 Å². The fourth-order valence-corrected chi connectivity index (χ4v) is 3.36. The SMILES string of the molecule is COc1cc(C)nc(N2CCC(c3nc4cc(Cl)ccc4o3)CC2)n1. The lowest BCUT2D eigenvalue weighted by Gasteiger charge is -2.30. The second kappa shape index (κ2) is 6.52. The number of nitrogens with zero attached hydrogens (tertiary/aromatic N) is 4. The normalized spacial score (nSPS) is 15.7. The van der Waals surface area contributed by atoms with Gasteiger partial charge in [0.2, 0.25) is 11.8 Å². The molecule has 0 spiro atoms. The molecule has 2 aromatic heterocycles. The summed E-state index contributed by atoms with van der Waals surface area (Å²) < 4.78 is 11.2. The quantitative estimate of drug-likeness (QED) is 0.705. The van der Waals surface area contributed by atoms with Gasteiger partial charge in [0.1, 0.15) is 5.52 Å². The molecule has 1 aromatic carbocycles. The van der Waals surface area contributed by atoms with Gasteiger partial charge in [-0.1, -0.05) is 11.6 Å². The van der Waals surface area contributed by atoms with Gasteiger partial charge in [-0.05, 0) is 38.0 Å². The van der Waals surface area contributed by atoms with E-state index in [1.165, 1.54) is 0 Å². The molecule has 4 rings (SSSR count). The molecule has 1 aliphatic heterocycles. The highest BCUT2D eigenvalue weighted by atomic mass is 35.5. The first kappa shape index (κ1) is 16.1. The van der Waals surface area contributed by atoms with E-state index in [1.54, 1.807) is 7.11 Å². The van der Waals surface area contributed by atoms with Gasteiger partial charge < -0.3 is 14.1 Å². The Bertz CT molecular complexity index is 903. The second-order valence-corrected chi connectivity index (χ2v) is 6.71. The van der Waals surface area contributed by atoms with E-state index in [4.69, 9.17) is 20.8 Å². The van der Waals surface area contributed by atoms with Crippen molar-refractivity contribution in [3.8, 4) is 5.88 Å². The number of rotatable bonds is 3. The minimum Gasteiger partial charge on any atom is -0.481 e. The molecule has 0 radical (unpaired) electrons. The summed E-state index contributed by atoms with van der Waals surface area (Å²) >= 11 is 6.03. The van der Waals surface area contributed by atoms with Gasteiger partial charge in [0.15, 0.2) is 11.5 Å². The Hall–Kier alpha value is -2.34.